The summed E-state index contributed by atoms with van der Waals surface area (Å²) in [5, 5.41) is 11.9. The van der Waals surface area contributed by atoms with Crippen molar-refractivity contribution in [3.05, 3.63) is 10.1 Å². The molecule has 1 fully saturated rings. The first kappa shape index (κ1) is 21.2. The SMILES string of the molecule is COC(=O)CN(CCC1CCN(C)CC1)c1nc(SC)nc(N)c1[N+](=O)[O-]. The summed E-state index contributed by atoms with van der Waals surface area (Å²) in [6.07, 6.45) is 4.69. The first-order chi connectivity index (χ1) is 12.8. The number of carbonyl (C=O) groups is 1. The molecule has 1 saturated heterocycles. The van der Waals surface area contributed by atoms with Gasteiger partial charge in [-0.05, 0) is 51.6 Å². The van der Waals surface area contributed by atoms with E-state index in [1.165, 1.54) is 18.9 Å². The molecule has 0 aromatic carbocycles. The molecule has 11 heteroatoms. The lowest BCUT2D eigenvalue weighted by Crippen LogP contribution is -2.36. The molecule has 0 atom stereocenters. The van der Waals surface area contributed by atoms with Gasteiger partial charge in [0.05, 0.1) is 12.0 Å². The van der Waals surface area contributed by atoms with Gasteiger partial charge in [-0.25, -0.2) is 0 Å². The fourth-order valence-electron chi connectivity index (χ4n) is 3.10. The Hall–Kier alpha value is -2.14. The molecular weight excluding hydrogens is 372 g/mol. The predicted octanol–water partition coefficient (Wildman–Crippen LogP) is 1.40. The number of methoxy groups -OCH3 is 1. The van der Waals surface area contributed by atoms with Crippen LogP contribution in [0.15, 0.2) is 5.16 Å². The normalized spacial score (nSPS) is 15.5. The maximum absolute atomic E-state index is 11.9. The second-order valence-electron chi connectivity index (χ2n) is 6.56. The summed E-state index contributed by atoms with van der Waals surface area (Å²) >= 11 is 1.23. The zero-order valence-electron chi connectivity index (χ0n) is 15.9. The van der Waals surface area contributed by atoms with Gasteiger partial charge in [0.1, 0.15) is 6.54 Å². The lowest BCUT2D eigenvalue weighted by molar-refractivity contribution is -0.383. The number of hydrogen-bond donors (Lipinski definition) is 1. The minimum atomic E-state index is -0.603. The molecule has 0 spiro atoms. The number of nitrogen functional groups attached to an aromatic ring is 1. The topological polar surface area (TPSA) is 128 Å². The number of piperidine rings is 1. The van der Waals surface area contributed by atoms with E-state index in [0.717, 1.165) is 32.4 Å². The van der Waals surface area contributed by atoms with E-state index in [4.69, 9.17) is 10.5 Å². The molecule has 0 saturated carbocycles. The number of carbonyl (C=O) groups excluding carboxylic acids is 1. The number of esters is 1. The van der Waals surface area contributed by atoms with Gasteiger partial charge in [0.25, 0.3) is 0 Å². The molecule has 2 N–H and O–H groups in total. The minimum absolute atomic E-state index is 0.0650. The third-order valence-electron chi connectivity index (χ3n) is 4.73. The van der Waals surface area contributed by atoms with Crippen molar-refractivity contribution in [2.24, 2.45) is 5.92 Å². The molecule has 1 aliphatic heterocycles. The van der Waals surface area contributed by atoms with E-state index in [-0.39, 0.29) is 23.9 Å². The Balaban J connectivity index is 2.28. The summed E-state index contributed by atoms with van der Waals surface area (Å²) in [5.74, 6) is -0.131. The average molecular weight is 398 g/mol. The van der Waals surface area contributed by atoms with Crippen LogP contribution >= 0.6 is 11.8 Å². The second kappa shape index (κ2) is 9.70. The van der Waals surface area contributed by atoms with Crippen LogP contribution in [0.25, 0.3) is 0 Å². The van der Waals surface area contributed by atoms with E-state index in [1.54, 1.807) is 11.2 Å². The van der Waals surface area contributed by atoms with Crippen LogP contribution < -0.4 is 10.6 Å². The fraction of sp³-hybridized carbons (Fsp3) is 0.688. The zero-order valence-corrected chi connectivity index (χ0v) is 16.7. The minimum Gasteiger partial charge on any atom is -0.468 e. The first-order valence-corrected chi connectivity index (χ1v) is 9.94. The summed E-state index contributed by atoms with van der Waals surface area (Å²) in [5.41, 5.74) is 5.42. The number of nitrogens with two attached hydrogens (primary N) is 1. The van der Waals surface area contributed by atoms with Crippen LogP contribution in [0.2, 0.25) is 0 Å². The second-order valence-corrected chi connectivity index (χ2v) is 7.33. The molecule has 1 aromatic heterocycles. The number of aromatic nitrogens is 2. The van der Waals surface area contributed by atoms with Crippen molar-refractivity contribution in [2.45, 2.75) is 24.4 Å². The molecule has 0 unspecified atom stereocenters. The van der Waals surface area contributed by atoms with Crippen molar-refractivity contribution in [3.8, 4) is 0 Å². The van der Waals surface area contributed by atoms with Crippen LogP contribution in [-0.2, 0) is 9.53 Å². The van der Waals surface area contributed by atoms with E-state index in [2.05, 4.69) is 21.9 Å². The first-order valence-electron chi connectivity index (χ1n) is 8.71. The lowest BCUT2D eigenvalue weighted by Gasteiger charge is -2.31. The van der Waals surface area contributed by atoms with Crippen molar-refractivity contribution in [1.82, 2.24) is 14.9 Å². The molecule has 2 heterocycles. The number of rotatable bonds is 8. The Morgan fingerprint density at radius 3 is 2.67 bits per heavy atom. The third-order valence-corrected chi connectivity index (χ3v) is 5.28. The largest absolute Gasteiger partial charge is 0.468 e. The van der Waals surface area contributed by atoms with E-state index >= 15 is 0 Å². The number of hydrogen-bond acceptors (Lipinski definition) is 10. The molecule has 0 amide bonds. The smallest absolute Gasteiger partial charge is 0.353 e. The van der Waals surface area contributed by atoms with Crippen LogP contribution in [0.5, 0.6) is 0 Å². The lowest BCUT2D eigenvalue weighted by atomic mass is 9.93. The van der Waals surface area contributed by atoms with E-state index < -0.39 is 10.9 Å². The Kier molecular flexibility index (Phi) is 7.60. The van der Waals surface area contributed by atoms with Crippen molar-refractivity contribution >= 4 is 35.1 Å². The Labute approximate surface area is 162 Å². The highest BCUT2D eigenvalue weighted by atomic mass is 32.2. The van der Waals surface area contributed by atoms with Gasteiger partial charge in [0.15, 0.2) is 5.16 Å². The number of thioether (sulfide) groups is 1. The number of nitro groups is 1. The van der Waals surface area contributed by atoms with Crippen LogP contribution in [0.4, 0.5) is 17.3 Å². The summed E-state index contributed by atoms with van der Waals surface area (Å²) in [6, 6.07) is 0. The molecule has 0 bridgehead atoms. The molecule has 10 nitrogen and oxygen atoms in total. The molecule has 27 heavy (non-hydrogen) atoms. The van der Waals surface area contributed by atoms with Crippen molar-refractivity contribution in [3.63, 3.8) is 0 Å². The van der Waals surface area contributed by atoms with Crippen molar-refractivity contribution < 1.29 is 14.5 Å². The van der Waals surface area contributed by atoms with Gasteiger partial charge < -0.3 is 20.3 Å². The fourth-order valence-corrected chi connectivity index (χ4v) is 3.46. The molecule has 0 radical (unpaired) electrons. The monoisotopic (exact) mass is 398 g/mol. The Bertz CT molecular complexity index is 681. The number of likely N-dealkylation sites (tertiary alicyclic amines) is 1. The van der Waals surface area contributed by atoms with Crippen molar-refractivity contribution in [1.29, 1.82) is 0 Å². The average Bonchev–Trinajstić information content (AvgIpc) is 2.65. The van der Waals surface area contributed by atoms with Crippen LogP contribution in [0.3, 0.4) is 0 Å². The highest BCUT2D eigenvalue weighted by Gasteiger charge is 2.29. The quantitative estimate of drug-likeness (QED) is 0.225. The van der Waals surface area contributed by atoms with Gasteiger partial charge in [-0.1, -0.05) is 11.8 Å². The van der Waals surface area contributed by atoms with Gasteiger partial charge in [-0.15, -0.1) is 0 Å². The third kappa shape index (κ3) is 5.67. The molecule has 1 aliphatic rings. The van der Waals surface area contributed by atoms with Crippen LogP contribution in [0.1, 0.15) is 19.3 Å². The summed E-state index contributed by atoms with van der Waals surface area (Å²) in [6.45, 7) is 2.38. The highest BCUT2D eigenvalue weighted by molar-refractivity contribution is 7.98. The van der Waals surface area contributed by atoms with Gasteiger partial charge in [-0.3, -0.25) is 14.9 Å². The molecule has 2 rings (SSSR count). The van der Waals surface area contributed by atoms with E-state index in [0.29, 0.717) is 17.6 Å². The summed E-state index contributed by atoms with van der Waals surface area (Å²) in [4.78, 5) is 34.9. The van der Waals surface area contributed by atoms with Crippen LogP contribution in [-0.4, -0.2) is 72.4 Å². The predicted molar refractivity (Wildman–Crippen MR) is 104 cm³/mol. The summed E-state index contributed by atoms with van der Waals surface area (Å²) < 4.78 is 4.76. The maximum atomic E-state index is 11.9. The van der Waals surface area contributed by atoms with Gasteiger partial charge >= 0.3 is 11.7 Å². The highest BCUT2D eigenvalue weighted by Crippen LogP contribution is 2.33. The zero-order chi connectivity index (χ0) is 20.0. The van der Waals surface area contributed by atoms with Gasteiger partial charge in [-0.2, -0.15) is 9.97 Å². The van der Waals surface area contributed by atoms with Gasteiger partial charge in [0, 0.05) is 6.54 Å². The molecular formula is C16H26N6O4S. The molecule has 0 aliphatic carbocycles. The molecule has 1 aromatic rings. The van der Waals surface area contributed by atoms with E-state index in [9.17, 15) is 14.9 Å². The standard InChI is InChI=1S/C16H26N6O4S/c1-20-7-4-11(5-8-20)6-9-21(10-12(23)26-2)15-13(22(24)25)14(17)18-16(19-15)27-3/h11H,4-10H2,1-3H3,(H2,17,18,19). The summed E-state index contributed by atoms with van der Waals surface area (Å²) in [7, 11) is 3.38. The Morgan fingerprint density at radius 2 is 2.11 bits per heavy atom. The Morgan fingerprint density at radius 1 is 1.44 bits per heavy atom. The van der Waals surface area contributed by atoms with Crippen molar-refractivity contribution in [2.75, 3.05) is 57.2 Å². The molecule has 150 valence electrons. The van der Waals surface area contributed by atoms with Crippen LogP contribution in [0, 0.1) is 16.0 Å². The van der Waals surface area contributed by atoms with Gasteiger partial charge in [0.2, 0.25) is 11.6 Å². The number of nitrogens with zero attached hydrogens (tertiary/aromatic N) is 5. The number of ether oxygens (including phenoxy) is 1. The maximum Gasteiger partial charge on any atom is 0.353 e. The van der Waals surface area contributed by atoms with E-state index in [1.807, 2.05) is 0 Å². The number of anilines is 2.